The van der Waals surface area contributed by atoms with Crippen LogP contribution in [0.2, 0.25) is 0 Å². The first kappa shape index (κ1) is 21.5. The predicted octanol–water partition coefficient (Wildman–Crippen LogP) is 2.36. The fraction of sp³-hybridized carbons (Fsp3) is 0.875. The SMILES string of the molecule is CC(CNCCNC(=O)OC(C)(C)C)N(C)C(=O)OC(C)(C)C. The number of nitrogens with one attached hydrogen (secondary N) is 2. The minimum Gasteiger partial charge on any atom is -0.444 e. The van der Waals surface area contributed by atoms with Gasteiger partial charge in [0.1, 0.15) is 11.2 Å². The molecule has 7 heteroatoms. The van der Waals surface area contributed by atoms with Crippen LogP contribution in [-0.2, 0) is 9.47 Å². The van der Waals surface area contributed by atoms with Gasteiger partial charge in [0, 0.05) is 32.7 Å². The standard InChI is InChI=1S/C16H33N3O4/c1-12(19(8)14(21)23-16(5,6)7)11-17-9-10-18-13(20)22-15(2,3)4/h12,17H,9-11H2,1-8H3,(H,18,20). The summed E-state index contributed by atoms with van der Waals surface area (Å²) in [6.07, 6.45) is -0.781. The minimum atomic E-state index is -0.504. The second-order valence-electron chi connectivity index (χ2n) is 7.57. The van der Waals surface area contributed by atoms with Crippen LogP contribution in [0, 0.1) is 0 Å². The maximum absolute atomic E-state index is 11.9. The normalized spacial score (nSPS) is 13.2. The van der Waals surface area contributed by atoms with E-state index in [0.29, 0.717) is 19.6 Å². The zero-order chi connectivity index (χ0) is 18.3. The number of hydrogen-bond donors (Lipinski definition) is 2. The highest BCUT2D eigenvalue weighted by Crippen LogP contribution is 2.10. The minimum absolute atomic E-state index is 0.0219. The highest BCUT2D eigenvalue weighted by atomic mass is 16.6. The summed E-state index contributed by atoms with van der Waals surface area (Å²) in [7, 11) is 1.71. The van der Waals surface area contributed by atoms with Gasteiger partial charge in [-0.25, -0.2) is 9.59 Å². The molecule has 0 aromatic carbocycles. The van der Waals surface area contributed by atoms with Crippen LogP contribution in [0.1, 0.15) is 48.5 Å². The van der Waals surface area contributed by atoms with E-state index in [9.17, 15) is 9.59 Å². The van der Waals surface area contributed by atoms with Crippen LogP contribution in [0.15, 0.2) is 0 Å². The van der Waals surface area contributed by atoms with Crippen LogP contribution in [0.5, 0.6) is 0 Å². The Morgan fingerprint density at radius 1 is 1.00 bits per heavy atom. The largest absolute Gasteiger partial charge is 0.444 e. The van der Waals surface area contributed by atoms with Crippen LogP contribution in [-0.4, -0.2) is 61.0 Å². The van der Waals surface area contributed by atoms with Crippen molar-refractivity contribution in [1.29, 1.82) is 0 Å². The summed E-state index contributed by atoms with van der Waals surface area (Å²) in [5, 5.41) is 5.85. The third-order valence-corrected chi connectivity index (χ3v) is 2.75. The van der Waals surface area contributed by atoms with Gasteiger partial charge < -0.3 is 25.0 Å². The summed E-state index contributed by atoms with van der Waals surface area (Å²) < 4.78 is 10.4. The molecule has 0 aliphatic heterocycles. The van der Waals surface area contributed by atoms with E-state index in [-0.39, 0.29) is 12.1 Å². The topological polar surface area (TPSA) is 79.9 Å². The first-order valence-corrected chi connectivity index (χ1v) is 7.95. The van der Waals surface area contributed by atoms with Crippen LogP contribution in [0.3, 0.4) is 0 Å². The van der Waals surface area contributed by atoms with E-state index < -0.39 is 17.3 Å². The van der Waals surface area contributed by atoms with Crippen molar-refractivity contribution in [2.24, 2.45) is 0 Å². The lowest BCUT2D eigenvalue weighted by atomic mass is 10.2. The van der Waals surface area contributed by atoms with Gasteiger partial charge in [0.2, 0.25) is 0 Å². The first-order valence-electron chi connectivity index (χ1n) is 7.95. The van der Waals surface area contributed by atoms with Crippen LogP contribution in [0.25, 0.3) is 0 Å². The smallest absolute Gasteiger partial charge is 0.410 e. The average Bonchev–Trinajstić information content (AvgIpc) is 2.32. The van der Waals surface area contributed by atoms with E-state index in [1.54, 1.807) is 11.9 Å². The molecular formula is C16H33N3O4. The molecule has 2 N–H and O–H groups in total. The van der Waals surface area contributed by atoms with Gasteiger partial charge in [0.15, 0.2) is 0 Å². The molecular weight excluding hydrogens is 298 g/mol. The summed E-state index contributed by atoms with van der Waals surface area (Å²) in [6.45, 7) is 14.5. The Balaban J connectivity index is 3.92. The molecule has 7 nitrogen and oxygen atoms in total. The molecule has 0 aromatic rings. The monoisotopic (exact) mass is 331 g/mol. The van der Waals surface area contributed by atoms with Crippen molar-refractivity contribution in [3.05, 3.63) is 0 Å². The highest BCUT2D eigenvalue weighted by molar-refractivity contribution is 5.68. The summed E-state index contributed by atoms with van der Waals surface area (Å²) in [5.74, 6) is 0. The second kappa shape index (κ2) is 8.96. The van der Waals surface area contributed by atoms with Gasteiger partial charge in [-0.15, -0.1) is 0 Å². The number of carbonyl (C=O) groups is 2. The van der Waals surface area contributed by atoms with Gasteiger partial charge in [-0.05, 0) is 48.5 Å². The Labute approximate surface area is 140 Å². The second-order valence-corrected chi connectivity index (χ2v) is 7.57. The molecule has 2 amide bonds. The number of amides is 2. The number of ether oxygens (including phenoxy) is 2. The van der Waals surface area contributed by atoms with Crippen molar-refractivity contribution < 1.29 is 19.1 Å². The molecule has 1 unspecified atom stereocenters. The Bertz CT molecular complexity index is 386. The third kappa shape index (κ3) is 11.7. The number of nitrogens with zero attached hydrogens (tertiary/aromatic N) is 1. The molecule has 0 aliphatic rings. The summed E-state index contributed by atoms with van der Waals surface area (Å²) in [5.41, 5.74) is -1.00. The van der Waals surface area contributed by atoms with E-state index in [2.05, 4.69) is 10.6 Å². The molecule has 23 heavy (non-hydrogen) atoms. The molecule has 0 bridgehead atoms. The van der Waals surface area contributed by atoms with Crippen molar-refractivity contribution in [2.45, 2.75) is 65.7 Å². The molecule has 0 aromatic heterocycles. The van der Waals surface area contributed by atoms with Crippen LogP contribution >= 0.6 is 0 Å². The average molecular weight is 331 g/mol. The van der Waals surface area contributed by atoms with Crippen molar-refractivity contribution in [2.75, 3.05) is 26.7 Å². The van der Waals surface area contributed by atoms with Gasteiger partial charge in [-0.2, -0.15) is 0 Å². The molecule has 0 fully saturated rings. The van der Waals surface area contributed by atoms with Gasteiger partial charge in [-0.1, -0.05) is 0 Å². The lowest BCUT2D eigenvalue weighted by molar-refractivity contribution is 0.0236. The van der Waals surface area contributed by atoms with E-state index in [1.807, 2.05) is 48.5 Å². The lowest BCUT2D eigenvalue weighted by Gasteiger charge is -2.28. The number of alkyl carbamates (subject to hydrolysis) is 1. The van der Waals surface area contributed by atoms with Gasteiger partial charge >= 0.3 is 12.2 Å². The Kier molecular flexibility index (Phi) is 8.37. The van der Waals surface area contributed by atoms with Gasteiger partial charge in [0.25, 0.3) is 0 Å². The maximum Gasteiger partial charge on any atom is 0.410 e. The Hall–Kier alpha value is -1.50. The highest BCUT2D eigenvalue weighted by Gasteiger charge is 2.22. The van der Waals surface area contributed by atoms with E-state index in [0.717, 1.165) is 0 Å². The maximum atomic E-state index is 11.9. The molecule has 0 spiro atoms. The van der Waals surface area contributed by atoms with E-state index in [1.165, 1.54) is 0 Å². The van der Waals surface area contributed by atoms with Crippen LogP contribution in [0.4, 0.5) is 9.59 Å². The number of hydrogen-bond acceptors (Lipinski definition) is 5. The Morgan fingerprint density at radius 2 is 1.52 bits per heavy atom. The number of rotatable bonds is 6. The molecule has 0 saturated heterocycles. The van der Waals surface area contributed by atoms with Crippen molar-refractivity contribution in [3.63, 3.8) is 0 Å². The van der Waals surface area contributed by atoms with Crippen molar-refractivity contribution in [1.82, 2.24) is 15.5 Å². The van der Waals surface area contributed by atoms with Crippen molar-refractivity contribution >= 4 is 12.2 Å². The number of carbonyl (C=O) groups excluding carboxylic acids is 2. The molecule has 0 heterocycles. The quantitative estimate of drug-likeness (QED) is 0.730. The summed E-state index contributed by atoms with van der Waals surface area (Å²) >= 11 is 0. The third-order valence-electron chi connectivity index (χ3n) is 2.75. The first-order chi connectivity index (χ1) is 10.3. The molecule has 0 aliphatic carbocycles. The molecule has 0 saturated carbocycles. The van der Waals surface area contributed by atoms with Gasteiger partial charge in [0.05, 0.1) is 0 Å². The fourth-order valence-electron chi connectivity index (χ4n) is 1.53. The number of likely N-dealkylation sites (N-methyl/N-ethyl adjacent to an activating group) is 1. The molecule has 1 atom stereocenters. The zero-order valence-electron chi connectivity index (χ0n) is 15.8. The Morgan fingerprint density at radius 3 is 2.00 bits per heavy atom. The molecule has 0 radical (unpaired) electrons. The van der Waals surface area contributed by atoms with E-state index >= 15 is 0 Å². The fourth-order valence-corrected chi connectivity index (χ4v) is 1.53. The summed E-state index contributed by atoms with van der Waals surface area (Å²) in [6, 6.07) is -0.0219. The summed E-state index contributed by atoms with van der Waals surface area (Å²) in [4.78, 5) is 24.9. The van der Waals surface area contributed by atoms with Crippen molar-refractivity contribution in [3.8, 4) is 0 Å². The van der Waals surface area contributed by atoms with E-state index in [4.69, 9.17) is 9.47 Å². The zero-order valence-corrected chi connectivity index (χ0v) is 15.8. The molecule has 0 rings (SSSR count). The molecule has 136 valence electrons. The van der Waals surface area contributed by atoms with Crippen LogP contribution < -0.4 is 10.6 Å². The lowest BCUT2D eigenvalue weighted by Crippen LogP contribution is -2.45. The van der Waals surface area contributed by atoms with Gasteiger partial charge in [-0.3, -0.25) is 0 Å². The predicted molar refractivity (Wildman–Crippen MR) is 90.6 cm³/mol.